The first kappa shape index (κ1) is 14.7. The van der Waals surface area contributed by atoms with Crippen LogP contribution in [0.3, 0.4) is 0 Å². The predicted octanol–water partition coefficient (Wildman–Crippen LogP) is 1.97. The minimum atomic E-state index is -3.57. The van der Waals surface area contributed by atoms with E-state index in [1.807, 2.05) is 12.1 Å². The van der Waals surface area contributed by atoms with E-state index >= 15 is 0 Å². The number of hydrogen-bond acceptors (Lipinski definition) is 4. The second-order valence-electron chi connectivity index (χ2n) is 4.94. The average molecular weight is 294 g/mol. The smallest absolute Gasteiger partial charge is 0.241 e. The Morgan fingerprint density at radius 1 is 1.15 bits per heavy atom. The van der Waals surface area contributed by atoms with E-state index in [1.54, 1.807) is 19.1 Å². The second-order valence-corrected chi connectivity index (χ2v) is 6.65. The molecule has 1 heterocycles. The molecule has 1 aromatic carbocycles. The highest BCUT2D eigenvalue weighted by atomic mass is 32.2. The second kappa shape index (κ2) is 5.72. The van der Waals surface area contributed by atoms with Gasteiger partial charge in [-0.3, -0.25) is 5.10 Å². The Morgan fingerprint density at radius 2 is 1.80 bits per heavy atom. The highest BCUT2D eigenvalue weighted by Crippen LogP contribution is 2.18. The van der Waals surface area contributed by atoms with Gasteiger partial charge in [-0.15, -0.1) is 0 Å². The molecule has 0 spiro atoms. The summed E-state index contributed by atoms with van der Waals surface area (Å²) in [4.78, 5) is 4.18. The summed E-state index contributed by atoms with van der Waals surface area (Å²) in [6.07, 6.45) is 1.34. The topological polar surface area (TPSA) is 87.7 Å². The molecule has 0 radical (unpaired) electrons. The summed E-state index contributed by atoms with van der Waals surface area (Å²) in [5, 5.41) is 6.35. The van der Waals surface area contributed by atoms with Crippen molar-refractivity contribution >= 4 is 10.0 Å². The first-order chi connectivity index (χ1) is 9.40. The number of H-pyrrole nitrogens is 1. The van der Waals surface area contributed by atoms with Crippen molar-refractivity contribution in [2.45, 2.75) is 37.6 Å². The summed E-state index contributed by atoms with van der Waals surface area (Å²) < 4.78 is 27.1. The average Bonchev–Trinajstić information content (AvgIpc) is 2.92. The van der Waals surface area contributed by atoms with E-state index in [0.717, 1.165) is 5.56 Å². The van der Waals surface area contributed by atoms with Crippen LogP contribution in [-0.2, 0) is 10.0 Å². The molecular formula is C13H18N4O2S. The zero-order chi connectivity index (χ0) is 14.8. The van der Waals surface area contributed by atoms with Crippen molar-refractivity contribution < 1.29 is 8.42 Å². The molecule has 108 valence electrons. The van der Waals surface area contributed by atoms with E-state index < -0.39 is 16.1 Å². The Hall–Kier alpha value is -1.73. The van der Waals surface area contributed by atoms with Gasteiger partial charge in [-0.05, 0) is 30.5 Å². The monoisotopic (exact) mass is 294 g/mol. The molecule has 2 N–H and O–H groups in total. The SMILES string of the molecule is CC(C)c1ccc(S(=O)(=O)NC(C)c2ncn[nH]2)cc1. The van der Waals surface area contributed by atoms with Gasteiger partial charge in [0.25, 0.3) is 0 Å². The summed E-state index contributed by atoms with van der Waals surface area (Å²) in [7, 11) is -3.57. The number of aromatic amines is 1. The zero-order valence-corrected chi connectivity index (χ0v) is 12.5. The van der Waals surface area contributed by atoms with Gasteiger partial charge in [0.2, 0.25) is 10.0 Å². The lowest BCUT2D eigenvalue weighted by Gasteiger charge is -2.12. The predicted molar refractivity (Wildman–Crippen MR) is 75.7 cm³/mol. The van der Waals surface area contributed by atoms with Crippen LogP contribution >= 0.6 is 0 Å². The van der Waals surface area contributed by atoms with Crippen LogP contribution in [0.1, 0.15) is 44.1 Å². The van der Waals surface area contributed by atoms with Crippen molar-refractivity contribution in [3.8, 4) is 0 Å². The number of nitrogens with one attached hydrogen (secondary N) is 2. The minimum Gasteiger partial charge on any atom is -0.262 e. The number of hydrogen-bond donors (Lipinski definition) is 2. The maximum atomic E-state index is 12.2. The highest BCUT2D eigenvalue weighted by molar-refractivity contribution is 7.89. The number of aromatic nitrogens is 3. The Labute approximate surface area is 118 Å². The minimum absolute atomic E-state index is 0.244. The van der Waals surface area contributed by atoms with Gasteiger partial charge in [0.1, 0.15) is 12.2 Å². The first-order valence-corrected chi connectivity index (χ1v) is 7.86. The van der Waals surface area contributed by atoms with E-state index in [-0.39, 0.29) is 4.90 Å². The lowest BCUT2D eigenvalue weighted by molar-refractivity contribution is 0.560. The molecule has 1 unspecified atom stereocenters. The van der Waals surface area contributed by atoms with Gasteiger partial charge in [-0.2, -0.15) is 5.10 Å². The molecule has 1 aromatic heterocycles. The normalized spacial score (nSPS) is 13.6. The summed E-state index contributed by atoms with van der Waals surface area (Å²) >= 11 is 0. The third-order valence-electron chi connectivity index (χ3n) is 3.03. The van der Waals surface area contributed by atoms with E-state index in [9.17, 15) is 8.42 Å². The summed E-state index contributed by atoms with van der Waals surface area (Å²) in [5.41, 5.74) is 1.10. The maximum absolute atomic E-state index is 12.2. The molecule has 0 amide bonds. The molecule has 0 bridgehead atoms. The molecule has 0 aliphatic rings. The van der Waals surface area contributed by atoms with Gasteiger partial charge in [0.05, 0.1) is 10.9 Å². The van der Waals surface area contributed by atoms with Gasteiger partial charge in [0.15, 0.2) is 0 Å². The number of sulfonamides is 1. The van der Waals surface area contributed by atoms with Crippen molar-refractivity contribution in [3.05, 3.63) is 42.0 Å². The molecule has 0 saturated carbocycles. The molecule has 7 heteroatoms. The summed E-state index contributed by atoms with van der Waals surface area (Å²) in [5.74, 6) is 0.847. The molecule has 1 atom stereocenters. The van der Waals surface area contributed by atoms with E-state index in [2.05, 4.69) is 33.8 Å². The van der Waals surface area contributed by atoms with Crippen LogP contribution < -0.4 is 4.72 Å². The number of benzene rings is 1. The Kier molecular flexibility index (Phi) is 4.20. The Morgan fingerprint density at radius 3 is 2.30 bits per heavy atom. The zero-order valence-electron chi connectivity index (χ0n) is 11.7. The van der Waals surface area contributed by atoms with Gasteiger partial charge >= 0.3 is 0 Å². The van der Waals surface area contributed by atoms with Gasteiger partial charge in [0, 0.05) is 0 Å². The molecule has 2 aromatic rings. The number of rotatable bonds is 5. The molecule has 6 nitrogen and oxygen atoms in total. The van der Waals surface area contributed by atoms with E-state index in [4.69, 9.17) is 0 Å². The van der Waals surface area contributed by atoms with Gasteiger partial charge < -0.3 is 0 Å². The van der Waals surface area contributed by atoms with Crippen LogP contribution in [0.15, 0.2) is 35.5 Å². The molecule has 20 heavy (non-hydrogen) atoms. The third kappa shape index (κ3) is 3.23. The molecule has 0 fully saturated rings. The van der Waals surface area contributed by atoms with Crippen LogP contribution in [0.2, 0.25) is 0 Å². The molecule has 0 saturated heterocycles. The van der Waals surface area contributed by atoms with E-state index in [1.165, 1.54) is 6.33 Å². The fraction of sp³-hybridized carbons (Fsp3) is 0.385. The van der Waals surface area contributed by atoms with Crippen LogP contribution in [0.4, 0.5) is 0 Å². The standard InChI is InChI=1S/C13H18N4O2S/c1-9(2)11-4-6-12(7-5-11)20(18,19)17-10(3)13-14-8-15-16-13/h4-10,17H,1-3H3,(H,14,15,16). The van der Waals surface area contributed by atoms with Crippen LogP contribution in [-0.4, -0.2) is 23.6 Å². The molecular weight excluding hydrogens is 276 g/mol. The highest BCUT2D eigenvalue weighted by Gasteiger charge is 2.19. The summed E-state index contributed by atoms with van der Waals surface area (Å²) in [6.45, 7) is 5.84. The summed E-state index contributed by atoms with van der Waals surface area (Å²) in [6, 6.07) is 6.43. The van der Waals surface area contributed by atoms with Crippen LogP contribution in [0, 0.1) is 0 Å². The fourth-order valence-electron chi connectivity index (χ4n) is 1.81. The van der Waals surface area contributed by atoms with Gasteiger partial charge in [-0.1, -0.05) is 26.0 Å². The maximum Gasteiger partial charge on any atom is 0.241 e. The van der Waals surface area contributed by atoms with Crippen LogP contribution in [0.25, 0.3) is 0 Å². The molecule has 0 aliphatic heterocycles. The molecule has 2 rings (SSSR count). The Balaban J connectivity index is 2.18. The van der Waals surface area contributed by atoms with Gasteiger partial charge in [-0.25, -0.2) is 18.1 Å². The fourth-order valence-corrected chi connectivity index (χ4v) is 3.02. The number of nitrogens with zero attached hydrogens (tertiary/aromatic N) is 2. The lowest BCUT2D eigenvalue weighted by atomic mass is 10.0. The molecule has 0 aliphatic carbocycles. The van der Waals surface area contributed by atoms with Crippen molar-refractivity contribution in [1.82, 2.24) is 19.9 Å². The van der Waals surface area contributed by atoms with E-state index in [0.29, 0.717) is 11.7 Å². The van der Waals surface area contributed by atoms with Crippen LogP contribution in [0.5, 0.6) is 0 Å². The lowest BCUT2D eigenvalue weighted by Crippen LogP contribution is -2.27. The van der Waals surface area contributed by atoms with Crippen molar-refractivity contribution in [3.63, 3.8) is 0 Å². The first-order valence-electron chi connectivity index (χ1n) is 6.37. The quantitative estimate of drug-likeness (QED) is 0.882. The van der Waals surface area contributed by atoms with Crippen molar-refractivity contribution in [1.29, 1.82) is 0 Å². The van der Waals surface area contributed by atoms with Crippen molar-refractivity contribution in [2.24, 2.45) is 0 Å². The van der Waals surface area contributed by atoms with Crippen molar-refractivity contribution in [2.75, 3.05) is 0 Å². The Bertz CT molecular complexity index is 648. The largest absolute Gasteiger partial charge is 0.262 e. The third-order valence-corrected chi connectivity index (χ3v) is 4.59.